The second kappa shape index (κ2) is 6.61. The Labute approximate surface area is 146 Å². The highest BCUT2D eigenvalue weighted by molar-refractivity contribution is 5.92. The van der Waals surface area contributed by atoms with Gasteiger partial charge in [-0.15, -0.1) is 0 Å². The Morgan fingerprint density at radius 2 is 1.92 bits per heavy atom. The number of amides is 2. The number of carbonyl (C=O) groups is 2. The average molecular weight is 344 g/mol. The molecule has 3 aliphatic rings. The largest absolute Gasteiger partial charge is 0.342 e. The molecule has 0 radical (unpaired) electrons. The van der Waals surface area contributed by atoms with Gasteiger partial charge in [0, 0.05) is 44.6 Å². The van der Waals surface area contributed by atoms with Gasteiger partial charge in [-0.05, 0) is 38.0 Å². The molecule has 1 aliphatic carbocycles. The normalized spacial score (nSPS) is 21.8. The quantitative estimate of drug-likeness (QED) is 0.887. The molecular formula is C18H24N4O3. The highest BCUT2D eigenvalue weighted by atomic mass is 16.2. The zero-order chi connectivity index (χ0) is 17.4. The molecule has 0 unspecified atom stereocenters. The fraction of sp³-hybridized carbons (Fsp3) is 0.667. The number of hydrogen-bond donors (Lipinski definition) is 1. The van der Waals surface area contributed by atoms with Crippen molar-refractivity contribution in [2.24, 2.45) is 5.92 Å². The van der Waals surface area contributed by atoms with Crippen LogP contribution in [0, 0.1) is 5.92 Å². The van der Waals surface area contributed by atoms with Crippen LogP contribution in [0.3, 0.4) is 0 Å². The Bertz CT molecular complexity index is 732. The SMILES string of the molecule is O=C1CCCN1CC1CCN(C(=O)c2cc(=O)[nH]c(C3CC3)n2)CC1. The molecular weight excluding hydrogens is 320 g/mol. The maximum Gasteiger partial charge on any atom is 0.272 e. The van der Waals surface area contributed by atoms with Gasteiger partial charge in [0.15, 0.2) is 0 Å². The summed E-state index contributed by atoms with van der Waals surface area (Å²) in [5.41, 5.74) is 0.0153. The van der Waals surface area contributed by atoms with Crippen molar-refractivity contribution in [3.8, 4) is 0 Å². The minimum atomic E-state index is -0.248. The summed E-state index contributed by atoms with van der Waals surface area (Å²) < 4.78 is 0. The molecule has 1 N–H and O–H groups in total. The zero-order valence-electron chi connectivity index (χ0n) is 14.4. The Morgan fingerprint density at radius 3 is 2.56 bits per heavy atom. The van der Waals surface area contributed by atoms with Crippen molar-refractivity contribution in [3.63, 3.8) is 0 Å². The topological polar surface area (TPSA) is 86.4 Å². The number of carbonyl (C=O) groups excluding carboxylic acids is 2. The summed E-state index contributed by atoms with van der Waals surface area (Å²) >= 11 is 0. The smallest absolute Gasteiger partial charge is 0.272 e. The van der Waals surface area contributed by atoms with Gasteiger partial charge in [-0.3, -0.25) is 14.4 Å². The lowest BCUT2D eigenvalue weighted by molar-refractivity contribution is -0.128. The van der Waals surface area contributed by atoms with E-state index in [4.69, 9.17) is 0 Å². The molecule has 2 saturated heterocycles. The molecule has 0 bridgehead atoms. The highest BCUT2D eigenvalue weighted by Crippen LogP contribution is 2.37. The number of nitrogens with one attached hydrogen (secondary N) is 1. The van der Waals surface area contributed by atoms with E-state index < -0.39 is 0 Å². The van der Waals surface area contributed by atoms with Crippen LogP contribution in [0.2, 0.25) is 0 Å². The molecule has 3 fully saturated rings. The van der Waals surface area contributed by atoms with Gasteiger partial charge >= 0.3 is 0 Å². The van der Waals surface area contributed by atoms with Crippen molar-refractivity contribution in [1.29, 1.82) is 0 Å². The fourth-order valence-corrected chi connectivity index (χ4v) is 3.83. The molecule has 1 aromatic heterocycles. The van der Waals surface area contributed by atoms with Gasteiger partial charge in [-0.2, -0.15) is 0 Å². The summed E-state index contributed by atoms with van der Waals surface area (Å²) in [5, 5.41) is 0. The molecule has 134 valence electrons. The van der Waals surface area contributed by atoms with Crippen molar-refractivity contribution in [2.45, 2.75) is 44.4 Å². The Hall–Kier alpha value is -2.18. The van der Waals surface area contributed by atoms with Crippen LogP contribution >= 0.6 is 0 Å². The van der Waals surface area contributed by atoms with E-state index in [1.165, 1.54) is 6.07 Å². The zero-order valence-corrected chi connectivity index (χ0v) is 14.4. The van der Waals surface area contributed by atoms with Crippen molar-refractivity contribution < 1.29 is 9.59 Å². The minimum Gasteiger partial charge on any atom is -0.342 e. The number of likely N-dealkylation sites (tertiary alicyclic amines) is 2. The van der Waals surface area contributed by atoms with Gasteiger partial charge < -0.3 is 14.8 Å². The van der Waals surface area contributed by atoms with Crippen LogP contribution in [-0.4, -0.2) is 57.8 Å². The number of hydrogen-bond acceptors (Lipinski definition) is 4. The lowest BCUT2D eigenvalue weighted by atomic mass is 9.96. The molecule has 2 aliphatic heterocycles. The van der Waals surface area contributed by atoms with E-state index in [0.717, 1.165) is 45.2 Å². The summed E-state index contributed by atoms with van der Waals surface area (Å²) in [6, 6.07) is 1.31. The maximum absolute atomic E-state index is 12.7. The number of piperidine rings is 1. The average Bonchev–Trinajstić information content (AvgIpc) is 3.39. The number of H-pyrrole nitrogens is 1. The van der Waals surface area contributed by atoms with E-state index in [2.05, 4.69) is 9.97 Å². The molecule has 1 aromatic rings. The van der Waals surface area contributed by atoms with Crippen LogP contribution in [0.4, 0.5) is 0 Å². The first-order chi connectivity index (χ1) is 12.1. The van der Waals surface area contributed by atoms with Crippen LogP contribution in [-0.2, 0) is 4.79 Å². The molecule has 0 atom stereocenters. The Morgan fingerprint density at radius 1 is 1.16 bits per heavy atom. The summed E-state index contributed by atoms with van der Waals surface area (Å²) in [5.74, 6) is 1.53. The van der Waals surface area contributed by atoms with Crippen LogP contribution < -0.4 is 5.56 Å². The highest BCUT2D eigenvalue weighted by Gasteiger charge is 2.30. The van der Waals surface area contributed by atoms with Gasteiger partial charge in [-0.1, -0.05) is 0 Å². The molecule has 25 heavy (non-hydrogen) atoms. The van der Waals surface area contributed by atoms with E-state index in [1.807, 2.05) is 4.90 Å². The Balaban J connectivity index is 1.36. The number of aromatic amines is 1. The van der Waals surface area contributed by atoms with Crippen LogP contribution in [0.15, 0.2) is 10.9 Å². The van der Waals surface area contributed by atoms with Crippen LogP contribution in [0.25, 0.3) is 0 Å². The first-order valence-corrected chi connectivity index (χ1v) is 9.28. The summed E-state index contributed by atoms with van der Waals surface area (Å²) in [7, 11) is 0. The third-order valence-electron chi connectivity index (χ3n) is 5.49. The van der Waals surface area contributed by atoms with Crippen LogP contribution in [0.5, 0.6) is 0 Å². The second-order valence-electron chi connectivity index (χ2n) is 7.47. The predicted octanol–water partition coefficient (Wildman–Crippen LogP) is 1.12. The van der Waals surface area contributed by atoms with Gasteiger partial charge in [-0.25, -0.2) is 4.98 Å². The minimum absolute atomic E-state index is 0.149. The van der Waals surface area contributed by atoms with Crippen molar-refractivity contribution in [3.05, 3.63) is 27.9 Å². The molecule has 4 rings (SSSR count). The molecule has 7 heteroatoms. The molecule has 1 saturated carbocycles. The van der Waals surface area contributed by atoms with Gasteiger partial charge in [0.2, 0.25) is 5.91 Å². The third kappa shape index (κ3) is 3.60. The second-order valence-corrected chi connectivity index (χ2v) is 7.47. The van der Waals surface area contributed by atoms with E-state index >= 15 is 0 Å². The lowest BCUT2D eigenvalue weighted by Gasteiger charge is -2.33. The fourth-order valence-electron chi connectivity index (χ4n) is 3.83. The summed E-state index contributed by atoms with van der Waals surface area (Å²) in [4.78, 5) is 47.1. The molecule has 7 nitrogen and oxygen atoms in total. The summed E-state index contributed by atoms with van der Waals surface area (Å²) in [6.45, 7) is 3.02. The van der Waals surface area contributed by atoms with Gasteiger partial charge in [0.1, 0.15) is 11.5 Å². The molecule has 0 aromatic carbocycles. The van der Waals surface area contributed by atoms with Crippen LogP contribution in [0.1, 0.15) is 60.8 Å². The maximum atomic E-state index is 12.7. The molecule has 3 heterocycles. The predicted molar refractivity (Wildman–Crippen MR) is 91.3 cm³/mol. The Kier molecular flexibility index (Phi) is 4.31. The van der Waals surface area contributed by atoms with Gasteiger partial charge in [0.25, 0.3) is 11.5 Å². The number of aromatic nitrogens is 2. The van der Waals surface area contributed by atoms with E-state index in [9.17, 15) is 14.4 Å². The molecule has 2 amide bonds. The first-order valence-electron chi connectivity index (χ1n) is 9.28. The van der Waals surface area contributed by atoms with Crippen molar-refractivity contribution in [2.75, 3.05) is 26.2 Å². The van der Waals surface area contributed by atoms with E-state index in [0.29, 0.717) is 37.2 Å². The lowest BCUT2D eigenvalue weighted by Crippen LogP contribution is -2.42. The third-order valence-corrected chi connectivity index (χ3v) is 5.49. The van der Waals surface area contributed by atoms with Gasteiger partial charge in [0.05, 0.1) is 0 Å². The standard InChI is InChI=1S/C18H24N4O3/c23-15-10-14(19-17(20-15)13-3-4-13)18(25)21-8-5-12(6-9-21)11-22-7-1-2-16(22)24/h10,12-13H,1-9,11H2,(H,19,20,23). The van der Waals surface area contributed by atoms with Crippen molar-refractivity contribution >= 4 is 11.8 Å². The number of nitrogens with zero attached hydrogens (tertiary/aromatic N) is 3. The van der Waals surface area contributed by atoms with E-state index in [-0.39, 0.29) is 23.1 Å². The molecule has 0 spiro atoms. The summed E-state index contributed by atoms with van der Waals surface area (Å²) in [6.07, 6.45) is 5.49. The monoisotopic (exact) mass is 344 g/mol. The first kappa shape index (κ1) is 16.3. The van der Waals surface area contributed by atoms with Crippen molar-refractivity contribution in [1.82, 2.24) is 19.8 Å². The van der Waals surface area contributed by atoms with E-state index in [1.54, 1.807) is 4.90 Å². The number of rotatable bonds is 4.